The number of amides is 1. The van der Waals surface area contributed by atoms with Gasteiger partial charge in [-0.25, -0.2) is 9.59 Å². The number of benzene rings is 3. The maximum Gasteiger partial charge on any atom is 0.339 e. The lowest BCUT2D eigenvalue weighted by Gasteiger charge is -2.14. The molecule has 0 aromatic heterocycles. The zero-order valence-electron chi connectivity index (χ0n) is 17.0. The number of nitrogens with one attached hydrogen (secondary N) is 1. The number of esters is 1. The van der Waals surface area contributed by atoms with E-state index in [1.807, 2.05) is 13.0 Å². The molecular weight excluding hydrogens is 398 g/mol. The molecule has 2 N–H and O–H groups in total. The molecule has 7 heteroatoms. The molecule has 0 aliphatic heterocycles. The maximum atomic E-state index is 12.6. The number of carbonyl (C=O) groups is 3. The summed E-state index contributed by atoms with van der Waals surface area (Å²) in [4.78, 5) is 36.2. The van der Waals surface area contributed by atoms with Gasteiger partial charge >= 0.3 is 11.9 Å². The number of hydrogen-bond acceptors (Lipinski definition) is 5. The second-order valence-electron chi connectivity index (χ2n) is 6.65. The predicted molar refractivity (Wildman–Crippen MR) is 115 cm³/mol. The first kappa shape index (κ1) is 21.6. The van der Waals surface area contributed by atoms with Crippen LogP contribution in [0.2, 0.25) is 0 Å². The van der Waals surface area contributed by atoms with Crippen LogP contribution in [-0.4, -0.2) is 29.6 Å². The first-order valence-corrected chi connectivity index (χ1v) is 9.58. The quantitative estimate of drug-likeness (QED) is 0.528. The van der Waals surface area contributed by atoms with Crippen LogP contribution in [0.25, 0.3) is 0 Å². The van der Waals surface area contributed by atoms with Gasteiger partial charge in [0, 0.05) is 5.56 Å². The number of hydrogen-bond donors (Lipinski definition) is 2. The molecule has 0 aliphatic carbocycles. The molecule has 7 nitrogen and oxygen atoms in total. The normalized spacial score (nSPS) is 10.3. The number of carboxylic acid groups (broad SMARTS) is 1. The number of ether oxygens (including phenoxy) is 2. The number of rotatable bonds is 7. The predicted octanol–water partition coefficient (Wildman–Crippen LogP) is 4.91. The van der Waals surface area contributed by atoms with Gasteiger partial charge in [0.15, 0.2) is 5.75 Å². The number of carbonyl (C=O) groups excluding carboxylic acids is 2. The molecule has 3 aromatic rings. The third-order valence-electron chi connectivity index (χ3n) is 4.36. The fraction of sp³-hybridized carbons (Fsp3) is 0.125. The number of carboxylic acids is 1. The lowest BCUT2D eigenvalue weighted by molar-refractivity contribution is 0.0514. The Kier molecular flexibility index (Phi) is 6.67. The van der Waals surface area contributed by atoms with Crippen LogP contribution in [0.3, 0.4) is 0 Å². The number of para-hydroxylation sites is 2. The molecule has 0 fully saturated rings. The van der Waals surface area contributed by atoms with Gasteiger partial charge in [0.25, 0.3) is 5.91 Å². The molecule has 0 radical (unpaired) electrons. The Labute approximate surface area is 179 Å². The summed E-state index contributed by atoms with van der Waals surface area (Å²) in [5, 5.41) is 12.3. The Morgan fingerprint density at radius 3 is 2.42 bits per heavy atom. The van der Waals surface area contributed by atoms with E-state index in [-0.39, 0.29) is 29.4 Å². The smallest absolute Gasteiger partial charge is 0.339 e. The molecule has 0 aliphatic rings. The zero-order chi connectivity index (χ0) is 22.4. The summed E-state index contributed by atoms with van der Waals surface area (Å²) in [7, 11) is 0. The van der Waals surface area contributed by atoms with Crippen molar-refractivity contribution in [2.24, 2.45) is 0 Å². The highest BCUT2D eigenvalue weighted by Crippen LogP contribution is 2.31. The second-order valence-corrected chi connectivity index (χ2v) is 6.65. The van der Waals surface area contributed by atoms with E-state index in [0.29, 0.717) is 17.0 Å². The van der Waals surface area contributed by atoms with Crippen LogP contribution in [0.4, 0.5) is 5.69 Å². The van der Waals surface area contributed by atoms with Crippen LogP contribution in [0, 0.1) is 6.92 Å². The third kappa shape index (κ3) is 5.27. The molecule has 0 saturated carbocycles. The molecule has 158 valence electrons. The van der Waals surface area contributed by atoms with Crippen LogP contribution in [0.1, 0.15) is 43.6 Å². The van der Waals surface area contributed by atoms with Crippen molar-refractivity contribution in [2.45, 2.75) is 13.8 Å². The van der Waals surface area contributed by atoms with E-state index in [1.165, 1.54) is 18.2 Å². The van der Waals surface area contributed by atoms with Gasteiger partial charge in [0.1, 0.15) is 5.75 Å². The summed E-state index contributed by atoms with van der Waals surface area (Å²) >= 11 is 0. The van der Waals surface area contributed by atoms with Crippen LogP contribution >= 0.6 is 0 Å². The molecule has 31 heavy (non-hydrogen) atoms. The zero-order valence-corrected chi connectivity index (χ0v) is 17.0. The topological polar surface area (TPSA) is 102 Å². The monoisotopic (exact) mass is 419 g/mol. The first-order chi connectivity index (χ1) is 14.9. The van der Waals surface area contributed by atoms with Gasteiger partial charge in [-0.3, -0.25) is 4.79 Å². The number of aryl methyl sites for hydroxylation is 1. The maximum absolute atomic E-state index is 12.6. The van der Waals surface area contributed by atoms with Crippen molar-refractivity contribution in [2.75, 3.05) is 11.9 Å². The van der Waals surface area contributed by atoms with Crippen LogP contribution in [0.5, 0.6) is 11.5 Å². The minimum atomic E-state index is -1.28. The Bertz CT molecular complexity index is 1140. The van der Waals surface area contributed by atoms with Crippen molar-refractivity contribution < 1.29 is 29.0 Å². The molecule has 0 heterocycles. The fourth-order valence-corrected chi connectivity index (χ4v) is 2.92. The van der Waals surface area contributed by atoms with Crippen molar-refractivity contribution in [3.63, 3.8) is 0 Å². The van der Waals surface area contributed by atoms with Crippen LogP contribution in [0.15, 0.2) is 66.7 Å². The van der Waals surface area contributed by atoms with E-state index >= 15 is 0 Å². The lowest BCUT2D eigenvalue weighted by Crippen LogP contribution is -2.13. The SMILES string of the molecule is CCOC(=O)c1ccc(Oc2ccccc2NC(=O)c2cccc(C)c2)cc1C(=O)O. The molecule has 1 amide bonds. The van der Waals surface area contributed by atoms with Crippen LogP contribution < -0.4 is 10.1 Å². The van der Waals surface area contributed by atoms with Gasteiger partial charge in [-0.05, 0) is 56.3 Å². The highest BCUT2D eigenvalue weighted by Gasteiger charge is 2.19. The Morgan fingerprint density at radius 1 is 0.935 bits per heavy atom. The van der Waals surface area contributed by atoms with Crippen LogP contribution in [-0.2, 0) is 4.74 Å². The van der Waals surface area contributed by atoms with Crippen molar-refractivity contribution in [1.29, 1.82) is 0 Å². The lowest BCUT2D eigenvalue weighted by atomic mass is 10.1. The summed E-state index contributed by atoms with van der Waals surface area (Å²) in [6.07, 6.45) is 0. The van der Waals surface area contributed by atoms with Crippen molar-refractivity contribution in [3.8, 4) is 11.5 Å². The molecule has 0 spiro atoms. The summed E-state index contributed by atoms with van der Waals surface area (Å²) in [6, 6.07) is 18.0. The molecule has 3 rings (SSSR count). The Morgan fingerprint density at radius 2 is 1.71 bits per heavy atom. The average Bonchev–Trinajstić information content (AvgIpc) is 2.75. The fourth-order valence-electron chi connectivity index (χ4n) is 2.92. The van der Waals surface area contributed by atoms with E-state index in [9.17, 15) is 19.5 Å². The van der Waals surface area contributed by atoms with Crippen molar-refractivity contribution in [1.82, 2.24) is 0 Å². The highest BCUT2D eigenvalue weighted by molar-refractivity contribution is 6.05. The Hall–Kier alpha value is -4.13. The second kappa shape index (κ2) is 9.58. The van der Waals surface area contributed by atoms with E-state index in [4.69, 9.17) is 9.47 Å². The van der Waals surface area contributed by atoms with Gasteiger partial charge in [0.05, 0.1) is 23.4 Å². The standard InChI is InChI=1S/C24H21NO6/c1-3-30-24(29)18-12-11-17(14-19(18)23(27)28)31-21-10-5-4-9-20(21)25-22(26)16-8-6-7-15(2)13-16/h4-14H,3H2,1-2H3,(H,25,26)(H,27,28). The van der Waals surface area contributed by atoms with Crippen molar-refractivity contribution in [3.05, 3.63) is 89.0 Å². The molecule has 3 aromatic carbocycles. The molecular formula is C24H21NO6. The summed E-state index contributed by atoms with van der Waals surface area (Å²) in [5.41, 5.74) is 1.57. The summed E-state index contributed by atoms with van der Waals surface area (Å²) in [6.45, 7) is 3.66. The number of anilines is 1. The highest BCUT2D eigenvalue weighted by atomic mass is 16.5. The molecule has 0 bridgehead atoms. The molecule has 0 unspecified atom stereocenters. The molecule has 0 saturated heterocycles. The average molecular weight is 419 g/mol. The molecule has 0 atom stereocenters. The van der Waals surface area contributed by atoms with Gasteiger partial charge in [-0.15, -0.1) is 0 Å². The van der Waals surface area contributed by atoms with E-state index in [1.54, 1.807) is 49.4 Å². The number of aromatic carboxylic acids is 1. The van der Waals surface area contributed by atoms with Gasteiger partial charge in [0.2, 0.25) is 0 Å². The third-order valence-corrected chi connectivity index (χ3v) is 4.36. The van der Waals surface area contributed by atoms with Gasteiger partial charge < -0.3 is 19.9 Å². The van der Waals surface area contributed by atoms with Gasteiger partial charge in [-0.2, -0.15) is 0 Å². The summed E-state index contributed by atoms with van der Waals surface area (Å²) < 4.78 is 10.7. The van der Waals surface area contributed by atoms with Gasteiger partial charge in [-0.1, -0.05) is 29.8 Å². The Balaban J connectivity index is 1.87. The minimum absolute atomic E-state index is 0.0669. The summed E-state index contributed by atoms with van der Waals surface area (Å²) in [5.74, 6) is -1.79. The largest absolute Gasteiger partial charge is 0.478 e. The van der Waals surface area contributed by atoms with E-state index in [2.05, 4.69) is 5.32 Å². The van der Waals surface area contributed by atoms with E-state index < -0.39 is 11.9 Å². The minimum Gasteiger partial charge on any atom is -0.478 e. The first-order valence-electron chi connectivity index (χ1n) is 9.58. The van der Waals surface area contributed by atoms with E-state index in [0.717, 1.165) is 5.56 Å². The van der Waals surface area contributed by atoms with Crippen molar-refractivity contribution >= 4 is 23.5 Å².